The van der Waals surface area contributed by atoms with E-state index in [1.54, 1.807) is 14.0 Å². The summed E-state index contributed by atoms with van der Waals surface area (Å²) in [5.74, 6) is 2.85. The summed E-state index contributed by atoms with van der Waals surface area (Å²) in [5, 5.41) is 3.59. The molecule has 1 N–H and O–H groups in total. The number of thioether (sulfide) groups is 1. The van der Waals surface area contributed by atoms with E-state index in [1.807, 2.05) is 58.5 Å². The quantitative estimate of drug-likeness (QED) is 0.367. The number of ether oxygens (including phenoxy) is 1. The standard InChI is InChI=1S/C21H29NOS.C6H12O.C2H6.H2/c1-5-6-16(2)14-22-21-12-11-20(13-17(21)3)24-15-18-7-9-19(23-4)10-8-18;1-5(7)6(2,3)4;1-2;/h7-13,16,22H,5-6,14-15H2,1-4H3;1-4H3;1-2H3;1H. The van der Waals surface area contributed by atoms with Crippen LogP contribution in [0, 0.1) is 18.3 Å². The summed E-state index contributed by atoms with van der Waals surface area (Å²) >= 11 is 1.87. The highest BCUT2D eigenvalue weighted by Crippen LogP contribution is 2.27. The van der Waals surface area contributed by atoms with Gasteiger partial charge in [-0.05, 0) is 67.6 Å². The third-order valence-electron chi connectivity index (χ3n) is 5.24. The Hall–Kier alpha value is -1.94. The number of nitrogens with one attached hydrogen (secondary N) is 1. The number of Topliss-reactive ketones (excluding diaryl/α,β-unsaturated/α-hetero) is 1. The van der Waals surface area contributed by atoms with Crippen LogP contribution in [0.3, 0.4) is 0 Å². The fourth-order valence-electron chi connectivity index (χ4n) is 2.69. The van der Waals surface area contributed by atoms with Crippen molar-refractivity contribution in [2.24, 2.45) is 11.3 Å². The molecule has 0 aliphatic rings. The smallest absolute Gasteiger partial charge is 0.135 e. The molecule has 0 heterocycles. The number of carbonyl (C=O) groups excluding carboxylic acids is 1. The van der Waals surface area contributed by atoms with E-state index in [0.717, 1.165) is 24.0 Å². The fraction of sp³-hybridized carbons (Fsp3) is 0.552. The predicted octanol–water partition coefficient (Wildman–Crippen LogP) is 9.04. The zero-order valence-electron chi connectivity index (χ0n) is 22.7. The van der Waals surface area contributed by atoms with Crippen LogP contribution in [0.1, 0.15) is 80.8 Å². The molecule has 188 valence electrons. The number of benzene rings is 2. The highest BCUT2D eigenvalue weighted by molar-refractivity contribution is 7.98. The van der Waals surface area contributed by atoms with Gasteiger partial charge in [-0.1, -0.05) is 67.0 Å². The van der Waals surface area contributed by atoms with E-state index in [9.17, 15) is 4.79 Å². The van der Waals surface area contributed by atoms with Crippen LogP contribution < -0.4 is 10.1 Å². The molecule has 0 saturated carbocycles. The average Bonchev–Trinajstić information content (AvgIpc) is 2.78. The Morgan fingerprint density at radius 2 is 1.70 bits per heavy atom. The normalized spacial score (nSPS) is 11.3. The first-order chi connectivity index (χ1) is 15.6. The van der Waals surface area contributed by atoms with Gasteiger partial charge in [-0.15, -0.1) is 11.8 Å². The van der Waals surface area contributed by atoms with Crippen LogP contribution in [0.5, 0.6) is 5.75 Å². The summed E-state index contributed by atoms with van der Waals surface area (Å²) in [6.45, 7) is 19.1. The second-order valence-corrected chi connectivity index (χ2v) is 10.2. The van der Waals surface area contributed by atoms with Gasteiger partial charge in [0, 0.05) is 29.7 Å². The minimum absolute atomic E-state index is 0. The monoisotopic (exact) mass is 475 g/mol. The SMILES string of the molecule is CC.CC(=O)C(C)(C)C.CCCC(C)CNc1ccc(SCc2ccc(OC)cc2)cc1C.[HH]. The number of hydrogen-bond acceptors (Lipinski definition) is 4. The molecule has 0 radical (unpaired) electrons. The molecular formula is C29H49NO2S. The molecule has 0 aliphatic heterocycles. The minimum atomic E-state index is -0.139. The third-order valence-corrected chi connectivity index (χ3v) is 6.31. The van der Waals surface area contributed by atoms with E-state index >= 15 is 0 Å². The van der Waals surface area contributed by atoms with Crippen LogP contribution in [0.15, 0.2) is 47.4 Å². The topological polar surface area (TPSA) is 38.3 Å². The largest absolute Gasteiger partial charge is 0.497 e. The van der Waals surface area contributed by atoms with Gasteiger partial charge in [0.25, 0.3) is 0 Å². The second kappa shape index (κ2) is 16.6. The number of methoxy groups -OCH3 is 1. The Bertz CT molecular complexity index is 801. The fourth-order valence-corrected chi connectivity index (χ4v) is 3.64. The molecule has 4 heteroatoms. The Kier molecular flexibility index (Phi) is 15.7. The Labute approximate surface area is 209 Å². The lowest BCUT2D eigenvalue weighted by atomic mass is 9.92. The first kappa shape index (κ1) is 31.1. The summed E-state index contributed by atoms with van der Waals surface area (Å²) in [7, 11) is 1.70. The zero-order valence-corrected chi connectivity index (χ0v) is 23.5. The Morgan fingerprint density at radius 1 is 1.12 bits per heavy atom. The lowest BCUT2D eigenvalue weighted by Crippen LogP contribution is -2.15. The molecule has 0 bridgehead atoms. The Balaban J connectivity index is 0. The van der Waals surface area contributed by atoms with Gasteiger partial charge in [-0.25, -0.2) is 0 Å². The number of carbonyl (C=O) groups is 1. The summed E-state index contributed by atoms with van der Waals surface area (Å²) in [6, 6.07) is 15.0. The zero-order chi connectivity index (χ0) is 25.4. The van der Waals surface area contributed by atoms with Crippen LogP contribution in [-0.2, 0) is 10.5 Å². The summed E-state index contributed by atoms with van der Waals surface area (Å²) < 4.78 is 5.20. The van der Waals surface area contributed by atoms with Crippen molar-refractivity contribution in [3.05, 3.63) is 53.6 Å². The van der Waals surface area contributed by atoms with E-state index in [-0.39, 0.29) is 12.6 Å². The lowest BCUT2D eigenvalue weighted by molar-refractivity contribution is -0.124. The van der Waals surface area contributed by atoms with Gasteiger partial charge < -0.3 is 10.1 Å². The molecule has 2 rings (SSSR count). The molecule has 2 aromatic rings. The van der Waals surface area contributed by atoms with Crippen LogP contribution in [0.25, 0.3) is 0 Å². The van der Waals surface area contributed by atoms with E-state index in [4.69, 9.17) is 4.74 Å². The molecule has 0 amide bonds. The molecule has 3 nitrogen and oxygen atoms in total. The van der Waals surface area contributed by atoms with Crippen LogP contribution >= 0.6 is 11.8 Å². The van der Waals surface area contributed by atoms with Crippen LogP contribution in [0.4, 0.5) is 5.69 Å². The first-order valence-corrected chi connectivity index (χ1v) is 13.2. The van der Waals surface area contributed by atoms with Crippen molar-refractivity contribution >= 4 is 23.2 Å². The average molecular weight is 476 g/mol. The number of anilines is 1. The van der Waals surface area contributed by atoms with E-state index in [0.29, 0.717) is 0 Å². The maximum Gasteiger partial charge on any atom is 0.135 e. The second-order valence-electron chi connectivity index (χ2n) is 9.19. The van der Waals surface area contributed by atoms with E-state index in [2.05, 4.69) is 56.4 Å². The van der Waals surface area contributed by atoms with Gasteiger partial charge in [-0.3, -0.25) is 4.79 Å². The van der Waals surface area contributed by atoms with Gasteiger partial charge >= 0.3 is 0 Å². The minimum Gasteiger partial charge on any atom is -0.497 e. The van der Waals surface area contributed by atoms with Crippen molar-refractivity contribution in [3.63, 3.8) is 0 Å². The van der Waals surface area contributed by atoms with E-state index in [1.165, 1.54) is 34.6 Å². The van der Waals surface area contributed by atoms with Crippen molar-refractivity contribution in [1.29, 1.82) is 0 Å². The summed E-state index contributed by atoms with van der Waals surface area (Å²) in [5.41, 5.74) is 3.75. The van der Waals surface area contributed by atoms with Crippen molar-refractivity contribution < 1.29 is 11.0 Å². The van der Waals surface area contributed by atoms with Crippen LogP contribution in [0.2, 0.25) is 0 Å². The summed E-state index contributed by atoms with van der Waals surface area (Å²) in [4.78, 5) is 11.8. The molecule has 0 fully saturated rings. The lowest BCUT2D eigenvalue weighted by Gasteiger charge is -2.15. The predicted molar refractivity (Wildman–Crippen MR) is 150 cm³/mol. The number of ketones is 1. The van der Waals surface area contributed by atoms with Gasteiger partial charge in [0.1, 0.15) is 11.5 Å². The van der Waals surface area contributed by atoms with Crippen molar-refractivity contribution in [2.45, 2.75) is 85.8 Å². The van der Waals surface area contributed by atoms with Crippen LogP contribution in [-0.4, -0.2) is 19.4 Å². The number of aryl methyl sites for hydroxylation is 1. The molecule has 0 aromatic heterocycles. The van der Waals surface area contributed by atoms with Gasteiger partial charge in [0.2, 0.25) is 0 Å². The third kappa shape index (κ3) is 13.4. The molecule has 0 saturated heterocycles. The molecule has 33 heavy (non-hydrogen) atoms. The molecule has 0 aliphatic carbocycles. The molecule has 1 unspecified atom stereocenters. The number of rotatable bonds is 9. The molecule has 2 aromatic carbocycles. The van der Waals surface area contributed by atoms with Crippen molar-refractivity contribution in [2.75, 3.05) is 19.0 Å². The van der Waals surface area contributed by atoms with Gasteiger partial charge in [-0.2, -0.15) is 0 Å². The molecule has 0 spiro atoms. The Morgan fingerprint density at radius 3 is 2.15 bits per heavy atom. The van der Waals surface area contributed by atoms with Crippen molar-refractivity contribution in [3.8, 4) is 5.75 Å². The highest BCUT2D eigenvalue weighted by Gasteiger charge is 2.14. The highest BCUT2D eigenvalue weighted by atomic mass is 32.2. The van der Waals surface area contributed by atoms with Gasteiger partial charge in [0.05, 0.1) is 7.11 Å². The number of hydrogen-bond donors (Lipinski definition) is 1. The van der Waals surface area contributed by atoms with E-state index < -0.39 is 0 Å². The maximum atomic E-state index is 10.5. The van der Waals surface area contributed by atoms with Crippen molar-refractivity contribution in [1.82, 2.24) is 0 Å². The summed E-state index contributed by atoms with van der Waals surface area (Å²) in [6.07, 6.45) is 2.53. The first-order valence-electron chi connectivity index (χ1n) is 12.2. The van der Waals surface area contributed by atoms with Gasteiger partial charge in [0.15, 0.2) is 0 Å². The maximum absolute atomic E-state index is 10.5. The molecular weight excluding hydrogens is 426 g/mol. The molecule has 1 atom stereocenters.